The summed E-state index contributed by atoms with van der Waals surface area (Å²) in [6, 6.07) is 13.9. The van der Waals surface area contributed by atoms with Crippen molar-refractivity contribution < 1.29 is 9.53 Å². The molecule has 3 rings (SSSR count). The predicted molar refractivity (Wildman–Crippen MR) is 84.1 cm³/mol. The molecule has 0 aromatic heterocycles. The summed E-state index contributed by atoms with van der Waals surface area (Å²) in [5.74, 6) is 1.01. The Balaban J connectivity index is 1.75. The lowest BCUT2D eigenvalue weighted by atomic mass is 9.89. The fraction of sp³-hybridized carbons (Fsp3) is 0.316. The number of carbonyl (C=O) groups excluding carboxylic acids is 1. The topological polar surface area (TPSA) is 26.3 Å². The molecule has 2 aromatic rings. The Hall–Kier alpha value is -2.09. The summed E-state index contributed by atoms with van der Waals surface area (Å²) in [6.07, 6.45) is 5.22. The number of Topliss-reactive ketones (excluding diaryl/α,β-unsaturated/α-hetero) is 1. The second kappa shape index (κ2) is 6.13. The molecule has 1 aliphatic rings. The van der Waals surface area contributed by atoms with Crippen molar-refractivity contribution in [3.05, 3.63) is 64.7 Å². The zero-order chi connectivity index (χ0) is 14.7. The van der Waals surface area contributed by atoms with Crippen molar-refractivity contribution in [3.8, 4) is 5.75 Å². The smallest absolute Gasteiger partial charge is 0.167 e. The molecular weight excluding hydrogens is 260 g/mol. The number of hydrogen-bond donors (Lipinski definition) is 0. The molecule has 2 aromatic carbocycles. The Kier molecular flexibility index (Phi) is 4.05. The third kappa shape index (κ3) is 3.15. The number of ether oxygens (including phenoxy) is 1. The van der Waals surface area contributed by atoms with Crippen LogP contribution in [-0.2, 0) is 19.3 Å². The van der Waals surface area contributed by atoms with Gasteiger partial charge in [0.2, 0.25) is 0 Å². The standard InChI is InChI=1S/C19H20O2/c1-21-18-10-6-14(7-11-18)12-19(20)17-9-8-15-4-2-3-5-16(15)13-17/h6-11,13H,2-5,12H2,1H3. The Morgan fingerprint density at radius 1 is 1.00 bits per heavy atom. The number of ketones is 1. The number of fused-ring (bicyclic) bond motifs is 1. The van der Waals surface area contributed by atoms with Crippen LogP contribution in [0.3, 0.4) is 0 Å². The molecule has 0 aliphatic heterocycles. The van der Waals surface area contributed by atoms with E-state index in [4.69, 9.17) is 4.74 Å². The van der Waals surface area contributed by atoms with Gasteiger partial charge in [0.1, 0.15) is 5.75 Å². The number of aryl methyl sites for hydroxylation is 2. The molecule has 0 unspecified atom stereocenters. The molecule has 0 saturated heterocycles. The van der Waals surface area contributed by atoms with Gasteiger partial charge in [-0.25, -0.2) is 0 Å². The molecule has 0 amide bonds. The first kappa shape index (κ1) is 13.9. The first-order valence-electron chi connectivity index (χ1n) is 7.54. The molecule has 0 spiro atoms. The van der Waals surface area contributed by atoms with Crippen molar-refractivity contribution in [2.24, 2.45) is 0 Å². The Bertz CT molecular complexity index is 641. The van der Waals surface area contributed by atoms with E-state index in [1.807, 2.05) is 30.3 Å². The molecule has 2 heteroatoms. The third-order valence-electron chi connectivity index (χ3n) is 4.19. The van der Waals surface area contributed by atoms with Crippen molar-refractivity contribution in [1.29, 1.82) is 0 Å². The first-order chi connectivity index (χ1) is 10.3. The number of benzene rings is 2. The fourth-order valence-corrected chi connectivity index (χ4v) is 2.94. The van der Waals surface area contributed by atoms with Gasteiger partial charge in [0.05, 0.1) is 7.11 Å². The molecule has 2 nitrogen and oxygen atoms in total. The molecule has 0 heterocycles. The number of carbonyl (C=O) groups is 1. The maximum absolute atomic E-state index is 12.4. The average Bonchev–Trinajstić information content (AvgIpc) is 2.55. The maximum Gasteiger partial charge on any atom is 0.167 e. The van der Waals surface area contributed by atoms with Gasteiger partial charge in [-0.1, -0.05) is 24.3 Å². The second-order valence-electron chi connectivity index (χ2n) is 5.64. The van der Waals surface area contributed by atoms with Crippen LogP contribution in [-0.4, -0.2) is 12.9 Å². The lowest BCUT2D eigenvalue weighted by molar-refractivity contribution is 0.0993. The quantitative estimate of drug-likeness (QED) is 0.791. The van der Waals surface area contributed by atoms with E-state index in [0.29, 0.717) is 6.42 Å². The highest BCUT2D eigenvalue weighted by atomic mass is 16.5. The zero-order valence-corrected chi connectivity index (χ0v) is 12.4. The average molecular weight is 280 g/mol. The van der Waals surface area contributed by atoms with Crippen LogP contribution in [0.1, 0.15) is 39.9 Å². The molecule has 108 valence electrons. The number of rotatable bonds is 4. The summed E-state index contributed by atoms with van der Waals surface area (Å²) in [7, 11) is 1.65. The van der Waals surface area contributed by atoms with E-state index in [1.54, 1.807) is 7.11 Å². The van der Waals surface area contributed by atoms with Gasteiger partial charge in [0, 0.05) is 12.0 Å². The minimum atomic E-state index is 0.188. The highest BCUT2D eigenvalue weighted by molar-refractivity contribution is 5.97. The van der Waals surface area contributed by atoms with Crippen LogP contribution in [0, 0.1) is 0 Å². The molecule has 0 bridgehead atoms. The number of hydrogen-bond acceptors (Lipinski definition) is 2. The van der Waals surface area contributed by atoms with E-state index in [9.17, 15) is 4.79 Å². The third-order valence-corrected chi connectivity index (χ3v) is 4.19. The zero-order valence-electron chi connectivity index (χ0n) is 12.4. The Morgan fingerprint density at radius 3 is 2.43 bits per heavy atom. The van der Waals surface area contributed by atoms with Crippen molar-refractivity contribution in [2.75, 3.05) is 7.11 Å². The van der Waals surface area contributed by atoms with E-state index in [-0.39, 0.29) is 5.78 Å². The lowest BCUT2D eigenvalue weighted by Gasteiger charge is -2.16. The monoisotopic (exact) mass is 280 g/mol. The SMILES string of the molecule is COc1ccc(CC(=O)c2ccc3c(c2)CCCC3)cc1. The van der Waals surface area contributed by atoms with Crippen molar-refractivity contribution in [3.63, 3.8) is 0 Å². The van der Waals surface area contributed by atoms with Gasteiger partial charge in [-0.05, 0) is 60.6 Å². The van der Waals surface area contributed by atoms with Crippen LogP contribution in [0.15, 0.2) is 42.5 Å². The van der Waals surface area contributed by atoms with Crippen molar-refractivity contribution >= 4 is 5.78 Å². The van der Waals surface area contributed by atoms with Gasteiger partial charge in [0.25, 0.3) is 0 Å². The minimum Gasteiger partial charge on any atom is -0.497 e. The molecule has 0 N–H and O–H groups in total. The van der Waals surface area contributed by atoms with Gasteiger partial charge in [0.15, 0.2) is 5.78 Å². The van der Waals surface area contributed by atoms with Crippen LogP contribution in [0.2, 0.25) is 0 Å². The predicted octanol–water partition coefficient (Wildman–Crippen LogP) is 4.00. The summed E-state index contributed by atoms with van der Waals surface area (Å²) in [4.78, 5) is 12.4. The Morgan fingerprint density at radius 2 is 1.71 bits per heavy atom. The molecule has 0 fully saturated rings. The van der Waals surface area contributed by atoms with Crippen LogP contribution < -0.4 is 4.74 Å². The van der Waals surface area contributed by atoms with Crippen LogP contribution in [0.5, 0.6) is 5.75 Å². The van der Waals surface area contributed by atoms with E-state index >= 15 is 0 Å². The van der Waals surface area contributed by atoms with Crippen LogP contribution in [0.25, 0.3) is 0 Å². The minimum absolute atomic E-state index is 0.188. The van der Waals surface area contributed by atoms with E-state index in [0.717, 1.165) is 29.7 Å². The molecule has 21 heavy (non-hydrogen) atoms. The molecular formula is C19H20O2. The summed E-state index contributed by atoms with van der Waals surface area (Å²) in [5.41, 5.74) is 4.65. The fourth-order valence-electron chi connectivity index (χ4n) is 2.94. The van der Waals surface area contributed by atoms with Gasteiger partial charge >= 0.3 is 0 Å². The van der Waals surface area contributed by atoms with Gasteiger partial charge in [-0.3, -0.25) is 4.79 Å². The highest BCUT2D eigenvalue weighted by Gasteiger charge is 2.13. The molecule has 1 aliphatic carbocycles. The van der Waals surface area contributed by atoms with Gasteiger partial charge in [-0.2, -0.15) is 0 Å². The second-order valence-corrected chi connectivity index (χ2v) is 5.64. The van der Waals surface area contributed by atoms with Crippen molar-refractivity contribution in [2.45, 2.75) is 32.1 Å². The van der Waals surface area contributed by atoms with Gasteiger partial charge < -0.3 is 4.74 Å². The summed E-state index contributed by atoms with van der Waals surface area (Å²) < 4.78 is 5.14. The summed E-state index contributed by atoms with van der Waals surface area (Å²) in [6.45, 7) is 0. The lowest BCUT2D eigenvalue weighted by Crippen LogP contribution is -2.08. The summed E-state index contributed by atoms with van der Waals surface area (Å²) >= 11 is 0. The number of methoxy groups -OCH3 is 1. The first-order valence-corrected chi connectivity index (χ1v) is 7.54. The van der Waals surface area contributed by atoms with Crippen molar-refractivity contribution in [1.82, 2.24) is 0 Å². The van der Waals surface area contributed by atoms with Crippen LogP contribution in [0.4, 0.5) is 0 Å². The van der Waals surface area contributed by atoms with Gasteiger partial charge in [-0.15, -0.1) is 0 Å². The van der Waals surface area contributed by atoms with E-state index < -0.39 is 0 Å². The maximum atomic E-state index is 12.4. The van der Waals surface area contributed by atoms with E-state index in [1.165, 1.54) is 24.0 Å². The molecule has 0 saturated carbocycles. The summed E-state index contributed by atoms with van der Waals surface area (Å²) in [5, 5.41) is 0. The Labute approximate surface area is 125 Å². The highest BCUT2D eigenvalue weighted by Crippen LogP contribution is 2.23. The normalized spacial score (nSPS) is 13.6. The van der Waals surface area contributed by atoms with Crippen LogP contribution >= 0.6 is 0 Å². The molecule has 0 radical (unpaired) electrons. The van der Waals surface area contributed by atoms with E-state index in [2.05, 4.69) is 12.1 Å². The largest absolute Gasteiger partial charge is 0.497 e. The molecule has 0 atom stereocenters.